The van der Waals surface area contributed by atoms with Gasteiger partial charge in [-0.1, -0.05) is 17.8 Å². The molecule has 1 aromatic rings. The number of hydrogen-bond donors (Lipinski definition) is 1. The Morgan fingerprint density at radius 3 is 2.85 bits per heavy atom. The van der Waals surface area contributed by atoms with E-state index in [4.69, 9.17) is 5.73 Å². The van der Waals surface area contributed by atoms with Crippen LogP contribution in [0.25, 0.3) is 0 Å². The number of amidine groups is 1. The molecule has 0 fully saturated rings. The van der Waals surface area contributed by atoms with Crippen LogP contribution in [0.1, 0.15) is 5.69 Å². The number of pyridine rings is 1. The monoisotopic (exact) mass is 192 g/mol. The molecule has 0 amide bonds. The van der Waals surface area contributed by atoms with Crippen molar-refractivity contribution in [1.82, 2.24) is 4.98 Å². The lowest BCUT2D eigenvalue weighted by Gasteiger charge is -2.07. The van der Waals surface area contributed by atoms with Crippen LogP contribution in [0.3, 0.4) is 0 Å². The van der Waals surface area contributed by atoms with Crippen LogP contribution in [0.15, 0.2) is 34.6 Å². The zero-order valence-corrected chi connectivity index (χ0v) is 7.66. The Kier molecular flexibility index (Phi) is 2.27. The van der Waals surface area contributed by atoms with Gasteiger partial charge in [0.25, 0.3) is 0 Å². The fourth-order valence-corrected chi connectivity index (χ4v) is 1.56. The summed E-state index contributed by atoms with van der Waals surface area (Å²) in [6.45, 7) is 0. The quantitative estimate of drug-likeness (QED) is 0.717. The lowest BCUT2D eigenvalue weighted by Crippen LogP contribution is -2.17. The molecule has 0 radical (unpaired) electrons. The molecule has 1 aliphatic heterocycles. The number of thioether (sulfide) groups is 1. The highest BCUT2D eigenvalue weighted by atomic mass is 32.2. The van der Waals surface area contributed by atoms with Gasteiger partial charge in [0, 0.05) is 11.9 Å². The molecule has 5 heteroatoms. The molecule has 13 heavy (non-hydrogen) atoms. The summed E-state index contributed by atoms with van der Waals surface area (Å²) in [5.74, 6) is 0.742. The third-order valence-corrected chi connectivity index (χ3v) is 2.38. The van der Waals surface area contributed by atoms with E-state index in [1.807, 2.05) is 18.2 Å². The first kappa shape index (κ1) is 8.25. The van der Waals surface area contributed by atoms with E-state index in [0.717, 1.165) is 17.2 Å². The van der Waals surface area contributed by atoms with Crippen LogP contribution in [-0.4, -0.2) is 21.6 Å². The molecule has 1 aliphatic rings. The van der Waals surface area contributed by atoms with Gasteiger partial charge in [-0.3, -0.25) is 4.98 Å². The topological polar surface area (TPSA) is 63.6 Å². The first-order chi connectivity index (χ1) is 6.36. The molecule has 0 bridgehead atoms. The van der Waals surface area contributed by atoms with Gasteiger partial charge in [0.15, 0.2) is 5.17 Å². The highest BCUT2D eigenvalue weighted by Crippen LogP contribution is 2.11. The molecule has 2 heterocycles. The largest absolute Gasteiger partial charge is 0.377 e. The van der Waals surface area contributed by atoms with Crippen LogP contribution < -0.4 is 5.73 Å². The van der Waals surface area contributed by atoms with E-state index in [-0.39, 0.29) is 0 Å². The summed E-state index contributed by atoms with van der Waals surface area (Å²) in [5.41, 5.74) is 7.20. The van der Waals surface area contributed by atoms with E-state index in [0.29, 0.717) is 5.17 Å². The second-order valence-corrected chi connectivity index (χ2v) is 3.48. The van der Waals surface area contributed by atoms with Crippen molar-refractivity contribution in [2.24, 2.45) is 15.9 Å². The maximum absolute atomic E-state index is 5.46. The van der Waals surface area contributed by atoms with Crippen molar-refractivity contribution in [3.05, 3.63) is 30.1 Å². The van der Waals surface area contributed by atoms with Gasteiger partial charge in [0.05, 0.1) is 11.4 Å². The standard InChI is InChI=1S/C8H8N4S/c9-8-12-11-7(5-13-8)6-3-1-2-4-10-6/h1-4H,5H2,(H2,9,12). The van der Waals surface area contributed by atoms with Gasteiger partial charge in [-0.2, -0.15) is 0 Å². The van der Waals surface area contributed by atoms with Crippen molar-refractivity contribution in [2.45, 2.75) is 0 Å². The summed E-state index contributed by atoms with van der Waals surface area (Å²) in [4.78, 5) is 4.17. The average molecular weight is 192 g/mol. The van der Waals surface area contributed by atoms with Gasteiger partial charge >= 0.3 is 0 Å². The molecule has 0 saturated carbocycles. The molecule has 0 saturated heterocycles. The van der Waals surface area contributed by atoms with Crippen molar-refractivity contribution >= 4 is 22.6 Å². The maximum Gasteiger partial charge on any atom is 0.180 e. The minimum Gasteiger partial charge on any atom is -0.377 e. The maximum atomic E-state index is 5.46. The van der Waals surface area contributed by atoms with Gasteiger partial charge < -0.3 is 5.73 Å². The number of rotatable bonds is 1. The van der Waals surface area contributed by atoms with Gasteiger partial charge in [-0.05, 0) is 12.1 Å². The zero-order valence-electron chi connectivity index (χ0n) is 6.84. The predicted octanol–water partition coefficient (Wildman–Crippen LogP) is 0.847. The Morgan fingerprint density at radius 2 is 2.23 bits per heavy atom. The fourth-order valence-electron chi connectivity index (χ4n) is 0.968. The molecule has 2 N–H and O–H groups in total. The molecule has 0 unspecified atom stereocenters. The van der Waals surface area contributed by atoms with Crippen LogP contribution in [0, 0.1) is 0 Å². The first-order valence-electron chi connectivity index (χ1n) is 3.80. The smallest absolute Gasteiger partial charge is 0.180 e. The minimum atomic E-state index is 0.514. The Hall–Kier alpha value is -1.36. The molecule has 0 atom stereocenters. The van der Waals surface area contributed by atoms with Crippen molar-refractivity contribution in [3.8, 4) is 0 Å². The van der Waals surface area contributed by atoms with E-state index >= 15 is 0 Å². The summed E-state index contributed by atoms with van der Waals surface area (Å²) < 4.78 is 0. The Labute approximate surface area is 80.0 Å². The summed E-state index contributed by atoms with van der Waals surface area (Å²) >= 11 is 1.48. The van der Waals surface area contributed by atoms with Crippen molar-refractivity contribution in [1.29, 1.82) is 0 Å². The van der Waals surface area contributed by atoms with E-state index < -0.39 is 0 Å². The molecule has 0 aliphatic carbocycles. The van der Waals surface area contributed by atoms with Crippen molar-refractivity contribution in [3.63, 3.8) is 0 Å². The SMILES string of the molecule is NC1=NN=C(c2ccccn2)CS1. The second kappa shape index (κ2) is 3.57. The van der Waals surface area contributed by atoms with Crippen molar-refractivity contribution < 1.29 is 0 Å². The minimum absolute atomic E-state index is 0.514. The van der Waals surface area contributed by atoms with Crippen LogP contribution in [0.2, 0.25) is 0 Å². The summed E-state index contributed by atoms with van der Waals surface area (Å²) in [6.07, 6.45) is 1.74. The zero-order chi connectivity index (χ0) is 9.10. The van der Waals surface area contributed by atoms with Gasteiger partial charge in [0.1, 0.15) is 0 Å². The molecule has 0 spiro atoms. The van der Waals surface area contributed by atoms with Gasteiger partial charge in [-0.15, -0.1) is 10.2 Å². The number of aromatic nitrogens is 1. The third kappa shape index (κ3) is 1.86. The number of nitrogens with two attached hydrogens (primary N) is 1. The molecule has 66 valence electrons. The summed E-state index contributed by atoms with van der Waals surface area (Å²) in [5, 5.41) is 8.28. The summed E-state index contributed by atoms with van der Waals surface area (Å²) in [6, 6.07) is 5.71. The van der Waals surface area contributed by atoms with Gasteiger partial charge in [-0.25, -0.2) is 0 Å². The van der Waals surface area contributed by atoms with E-state index in [9.17, 15) is 0 Å². The molecular formula is C8H8N4S. The molecule has 0 aromatic carbocycles. The van der Waals surface area contributed by atoms with E-state index in [1.54, 1.807) is 6.20 Å². The Bertz CT molecular complexity index is 358. The van der Waals surface area contributed by atoms with Crippen LogP contribution in [0.4, 0.5) is 0 Å². The lowest BCUT2D eigenvalue weighted by atomic mass is 10.2. The van der Waals surface area contributed by atoms with E-state index in [2.05, 4.69) is 15.2 Å². The second-order valence-electron chi connectivity index (χ2n) is 2.49. The lowest BCUT2D eigenvalue weighted by molar-refractivity contribution is 1.19. The highest BCUT2D eigenvalue weighted by Gasteiger charge is 2.10. The molecular weight excluding hydrogens is 184 g/mol. The van der Waals surface area contributed by atoms with Crippen LogP contribution >= 0.6 is 11.8 Å². The van der Waals surface area contributed by atoms with Crippen LogP contribution in [0.5, 0.6) is 0 Å². The molecule has 1 aromatic heterocycles. The van der Waals surface area contributed by atoms with Gasteiger partial charge in [0.2, 0.25) is 0 Å². The predicted molar refractivity (Wildman–Crippen MR) is 54.9 cm³/mol. The summed E-state index contributed by atoms with van der Waals surface area (Å²) in [7, 11) is 0. The van der Waals surface area contributed by atoms with E-state index in [1.165, 1.54) is 11.8 Å². The molecule has 4 nitrogen and oxygen atoms in total. The fraction of sp³-hybridized carbons (Fsp3) is 0.125. The average Bonchev–Trinajstić information content (AvgIpc) is 2.20. The number of hydrogen-bond acceptors (Lipinski definition) is 5. The van der Waals surface area contributed by atoms with Crippen LogP contribution in [-0.2, 0) is 0 Å². The Balaban J connectivity index is 2.29. The normalized spacial score (nSPS) is 16.3. The van der Waals surface area contributed by atoms with Crippen molar-refractivity contribution in [2.75, 3.05) is 5.75 Å². The Morgan fingerprint density at radius 1 is 1.31 bits per heavy atom. The highest BCUT2D eigenvalue weighted by molar-refractivity contribution is 8.14. The number of nitrogens with zero attached hydrogens (tertiary/aromatic N) is 3. The first-order valence-corrected chi connectivity index (χ1v) is 4.79. The molecule has 2 rings (SSSR count). The third-order valence-electron chi connectivity index (χ3n) is 1.59.